The molecule has 0 saturated carbocycles. The molecule has 4 nitrogen and oxygen atoms in total. The highest BCUT2D eigenvalue weighted by Crippen LogP contribution is 2.35. The molecule has 0 aromatic rings. The average Bonchev–Trinajstić information content (AvgIpc) is 2.44. The van der Waals surface area contributed by atoms with E-state index in [0.717, 1.165) is 12.8 Å². The molecule has 2 rings (SSSR count). The Hall–Kier alpha value is -0.900. The van der Waals surface area contributed by atoms with Crippen LogP contribution in [0.25, 0.3) is 0 Å². The molecule has 0 N–H and O–H groups in total. The first kappa shape index (κ1) is 10.6. The summed E-state index contributed by atoms with van der Waals surface area (Å²) in [5.41, 5.74) is 0. The number of likely N-dealkylation sites (N-methyl/N-ethyl adjacent to an activating group) is 1. The summed E-state index contributed by atoms with van der Waals surface area (Å²) in [6.07, 6.45) is 2.57. The minimum absolute atomic E-state index is 0.0434. The lowest BCUT2D eigenvalue weighted by atomic mass is 9.90. The molecule has 2 fully saturated rings. The average molecular weight is 211 g/mol. The van der Waals surface area contributed by atoms with Gasteiger partial charge >= 0.3 is 5.97 Å². The number of rotatable bonds is 2. The first-order chi connectivity index (χ1) is 7.15. The van der Waals surface area contributed by atoms with Crippen molar-refractivity contribution in [2.75, 3.05) is 13.7 Å². The minimum Gasteiger partial charge on any atom is -0.465 e. The number of hydrogen-bond donors (Lipinski definition) is 0. The van der Waals surface area contributed by atoms with Crippen LogP contribution in [0.5, 0.6) is 0 Å². The Morgan fingerprint density at radius 3 is 2.93 bits per heavy atom. The summed E-state index contributed by atoms with van der Waals surface area (Å²) in [6.45, 7) is 2.12. The summed E-state index contributed by atoms with van der Waals surface area (Å²) in [6, 6.07) is 0.347. The van der Waals surface area contributed by atoms with Gasteiger partial charge in [0.1, 0.15) is 5.92 Å². The van der Waals surface area contributed by atoms with Crippen LogP contribution in [0, 0.1) is 5.92 Å². The molecule has 0 radical (unpaired) electrons. The SMILES string of the molecule is CCOC(=O)C1CC2CCC(C1=O)N2C. The number of hydrogen-bond acceptors (Lipinski definition) is 4. The lowest BCUT2D eigenvalue weighted by Crippen LogP contribution is -2.49. The predicted molar refractivity (Wildman–Crippen MR) is 54.3 cm³/mol. The second-order valence-electron chi connectivity index (χ2n) is 4.36. The van der Waals surface area contributed by atoms with Crippen molar-refractivity contribution in [1.82, 2.24) is 4.90 Å². The van der Waals surface area contributed by atoms with Gasteiger partial charge in [-0.05, 0) is 33.2 Å². The number of piperidine rings is 1. The van der Waals surface area contributed by atoms with Crippen molar-refractivity contribution in [2.24, 2.45) is 5.92 Å². The van der Waals surface area contributed by atoms with Crippen LogP contribution in [-0.2, 0) is 14.3 Å². The second-order valence-corrected chi connectivity index (χ2v) is 4.36. The van der Waals surface area contributed by atoms with E-state index < -0.39 is 5.92 Å². The molecule has 4 heteroatoms. The highest BCUT2D eigenvalue weighted by atomic mass is 16.5. The maximum absolute atomic E-state index is 12.0. The van der Waals surface area contributed by atoms with Crippen LogP contribution >= 0.6 is 0 Å². The Labute approximate surface area is 89.6 Å². The molecule has 0 spiro atoms. The van der Waals surface area contributed by atoms with Crippen molar-refractivity contribution in [1.29, 1.82) is 0 Å². The number of fused-ring (bicyclic) bond motifs is 2. The zero-order valence-electron chi connectivity index (χ0n) is 9.23. The maximum Gasteiger partial charge on any atom is 0.316 e. The van der Waals surface area contributed by atoms with Gasteiger partial charge in [0.25, 0.3) is 0 Å². The standard InChI is InChI=1S/C11H17NO3/c1-3-15-11(14)8-6-7-4-5-9(10(8)13)12(7)2/h7-9H,3-6H2,1-2H3. The molecular weight excluding hydrogens is 194 g/mol. The van der Waals surface area contributed by atoms with E-state index in [4.69, 9.17) is 4.74 Å². The highest BCUT2D eigenvalue weighted by Gasteiger charge is 2.47. The smallest absolute Gasteiger partial charge is 0.316 e. The molecule has 0 aliphatic carbocycles. The van der Waals surface area contributed by atoms with E-state index in [1.54, 1.807) is 6.92 Å². The Morgan fingerprint density at radius 2 is 2.27 bits per heavy atom. The van der Waals surface area contributed by atoms with Gasteiger partial charge in [0.15, 0.2) is 5.78 Å². The Balaban J connectivity index is 2.10. The second kappa shape index (κ2) is 3.93. The first-order valence-corrected chi connectivity index (χ1v) is 5.57. The number of ketones is 1. The molecule has 0 aromatic carbocycles. The van der Waals surface area contributed by atoms with Crippen LogP contribution in [-0.4, -0.2) is 42.4 Å². The molecule has 2 aliphatic rings. The van der Waals surface area contributed by atoms with Gasteiger partial charge in [-0.2, -0.15) is 0 Å². The summed E-state index contributed by atoms with van der Waals surface area (Å²) < 4.78 is 4.93. The molecule has 0 aromatic heterocycles. The Kier molecular flexibility index (Phi) is 2.78. The van der Waals surface area contributed by atoms with Crippen LogP contribution in [0.1, 0.15) is 26.2 Å². The van der Waals surface area contributed by atoms with E-state index in [1.807, 2.05) is 7.05 Å². The Bertz CT molecular complexity index is 290. The first-order valence-electron chi connectivity index (χ1n) is 5.57. The quantitative estimate of drug-likeness (QED) is 0.495. The molecule has 2 heterocycles. The number of carbonyl (C=O) groups excluding carboxylic acids is 2. The molecule has 2 saturated heterocycles. The third-order valence-electron chi connectivity index (χ3n) is 3.59. The number of Topliss-reactive ketones (excluding diaryl/α,β-unsaturated/α-hetero) is 1. The zero-order valence-corrected chi connectivity index (χ0v) is 9.23. The highest BCUT2D eigenvalue weighted by molar-refractivity contribution is 6.02. The number of nitrogens with zero attached hydrogens (tertiary/aromatic N) is 1. The zero-order chi connectivity index (χ0) is 11.0. The number of esters is 1. The topological polar surface area (TPSA) is 46.6 Å². The molecule has 0 amide bonds. The molecule has 2 aliphatic heterocycles. The maximum atomic E-state index is 12.0. The number of ether oxygens (including phenoxy) is 1. The van der Waals surface area contributed by atoms with Crippen LogP contribution in [0.3, 0.4) is 0 Å². The van der Waals surface area contributed by atoms with Gasteiger partial charge < -0.3 is 4.74 Å². The fourth-order valence-corrected chi connectivity index (χ4v) is 2.71. The fourth-order valence-electron chi connectivity index (χ4n) is 2.71. The monoisotopic (exact) mass is 211 g/mol. The van der Waals surface area contributed by atoms with E-state index in [9.17, 15) is 9.59 Å². The lowest BCUT2D eigenvalue weighted by molar-refractivity contribution is -0.155. The summed E-state index contributed by atoms with van der Waals surface area (Å²) >= 11 is 0. The van der Waals surface area contributed by atoms with Crippen LogP contribution in [0.4, 0.5) is 0 Å². The van der Waals surface area contributed by atoms with E-state index in [0.29, 0.717) is 19.1 Å². The van der Waals surface area contributed by atoms with Crippen LogP contribution in [0.2, 0.25) is 0 Å². The van der Waals surface area contributed by atoms with Crippen molar-refractivity contribution < 1.29 is 14.3 Å². The predicted octanol–water partition coefficient (Wildman–Crippen LogP) is 0.601. The lowest BCUT2D eigenvalue weighted by Gasteiger charge is -2.33. The van der Waals surface area contributed by atoms with Gasteiger partial charge in [-0.1, -0.05) is 0 Å². The minimum atomic E-state index is -0.501. The van der Waals surface area contributed by atoms with Crippen molar-refractivity contribution in [3.05, 3.63) is 0 Å². The van der Waals surface area contributed by atoms with E-state index in [1.165, 1.54) is 0 Å². The Morgan fingerprint density at radius 1 is 1.53 bits per heavy atom. The van der Waals surface area contributed by atoms with Crippen molar-refractivity contribution >= 4 is 11.8 Å². The largest absolute Gasteiger partial charge is 0.465 e. The molecular formula is C11H17NO3. The summed E-state index contributed by atoms with van der Waals surface area (Å²) in [5, 5.41) is 0. The third-order valence-corrected chi connectivity index (χ3v) is 3.59. The van der Waals surface area contributed by atoms with Gasteiger partial charge in [0, 0.05) is 6.04 Å². The summed E-state index contributed by atoms with van der Waals surface area (Å²) in [5.74, 6) is -0.768. The fraction of sp³-hybridized carbons (Fsp3) is 0.818. The molecule has 3 atom stereocenters. The van der Waals surface area contributed by atoms with Gasteiger partial charge in [0.05, 0.1) is 12.6 Å². The van der Waals surface area contributed by atoms with E-state index in [-0.39, 0.29) is 17.8 Å². The molecule has 3 unspecified atom stereocenters. The van der Waals surface area contributed by atoms with Crippen molar-refractivity contribution in [2.45, 2.75) is 38.3 Å². The number of carbonyl (C=O) groups is 2. The van der Waals surface area contributed by atoms with Crippen molar-refractivity contribution in [3.63, 3.8) is 0 Å². The van der Waals surface area contributed by atoms with E-state index >= 15 is 0 Å². The molecule has 15 heavy (non-hydrogen) atoms. The van der Waals surface area contributed by atoms with Gasteiger partial charge in [0.2, 0.25) is 0 Å². The molecule has 84 valence electrons. The van der Waals surface area contributed by atoms with Gasteiger partial charge in [-0.15, -0.1) is 0 Å². The molecule has 2 bridgehead atoms. The summed E-state index contributed by atoms with van der Waals surface area (Å²) in [4.78, 5) is 25.6. The third kappa shape index (κ3) is 1.67. The normalized spacial score (nSPS) is 35.6. The van der Waals surface area contributed by atoms with Crippen LogP contribution < -0.4 is 0 Å². The summed E-state index contributed by atoms with van der Waals surface area (Å²) in [7, 11) is 1.97. The van der Waals surface area contributed by atoms with Crippen LogP contribution in [0.15, 0.2) is 0 Å². The van der Waals surface area contributed by atoms with Crippen molar-refractivity contribution in [3.8, 4) is 0 Å². The van der Waals surface area contributed by atoms with Gasteiger partial charge in [-0.3, -0.25) is 14.5 Å². The van der Waals surface area contributed by atoms with Gasteiger partial charge in [-0.25, -0.2) is 0 Å². The van der Waals surface area contributed by atoms with E-state index in [2.05, 4.69) is 4.90 Å².